The molecule has 1 aromatic heterocycles. The van der Waals surface area contributed by atoms with Crippen LogP contribution >= 0.6 is 0 Å². The second-order valence-corrected chi connectivity index (χ2v) is 8.77. The van der Waals surface area contributed by atoms with Crippen molar-refractivity contribution in [2.45, 2.75) is 64.7 Å². The van der Waals surface area contributed by atoms with E-state index >= 15 is 0 Å². The molecule has 27 heavy (non-hydrogen) atoms. The molecule has 0 radical (unpaired) electrons. The largest absolute Gasteiger partial charge is 0.465 e. The van der Waals surface area contributed by atoms with Crippen molar-refractivity contribution < 1.29 is 13.9 Å². The molecular formula is C24H30O3. The van der Waals surface area contributed by atoms with Crippen LogP contribution in [0.5, 0.6) is 0 Å². The number of ether oxygens (including phenoxy) is 1. The summed E-state index contributed by atoms with van der Waals surface area (Å²) in [5, 5.41) is 0. The van der Waals surface area contributed by atoms with Gasteiger partial charge in [-0.2, -0.15) is 0 Å². The molecule has 0 aliphatic heterocycles. The number of esters is 1. The third kappa shape index (κ3) is 4.35. The molecule has 0 fully saturated rings. The Hall–Kier alpha value is -2.29. The summed E-state index contributed by atoms with van der Waals surface area (Å²) in [4.78, 5) is 11.4. The first-order valence-electron chi connectivity index (χ1n) is 9.77. The monoisotopic (exact) mass is 366 g/mol. The number of fused-ring (bicyclic) bond motifs is 1. The minimum absolute atomic E-state index is 0.213. The Bertz CT molecular complexity index is 852. The summed E-state index contributed by atoms with van der Waals surface area (Å²) in [5.41, 5.74) is 5.80. The zero-order valence-electron chi connectivity index (χ0n) is 17.1. The lowest BCUT2D eigenvalue weighted by atomic mass is 9.63. The highest BCUT2D eigenvalue weighted by Crippen LogP contribution is 2.46. The Morgan fingerprint density at radius 3 is 2.48 bits per heavy atom. The summed E-state index contributed by atoms with van der Waals surface area (Å²) >= 11 is 0. The lowest BCUT2D eigenvalue weighted by molar-refractivity contribution is -0.137. The van der Waals surface area contributed by atoms with E-state index in [1.54, 1.807) is 19.3 Å². The van der Waals surface area contributed by atoms with Crippen molar-refractivity contribution in [1.82, 2.24) is 0 Å². The van der Waals surface area contributed by atoms with E-state index in [2.05, 4.69) is 45.9 Å². The summed E-state index contributed by atoms with van der Waals surface area (Å²) in [7, 11) is 0. The molecule has 1 aliphatic rings. The molecule has 0 unspecified atom stereocenters. The van der Waals surface area contributed by atoms with Gasteiger partial charge in [-0.05, 0) is 65.0 Å². The fraction of sp³-hybridized carbons (Fsp3) is 0.458. The highest BCUT2D eigenvalue weighted by Gasteiger charge is 2.36. The van der Waals surface area contributed by atoms with E-state index in [1.165, 1.54) is 35.6 Å². The van der Waals surface area contributed by atoms with Crippen LogP contribution in [-0.2, 0) is 26.8 Å². The Morgan fingerprint density at radius 2 is 1.78 bits per heavy atom. The zero-order chi connectivity index (χ0) is 19.7. The van der Waals surface area contributed by atoms with Crippen molar-refractivity contribution >= 4 is 12.0 Å². The van der Waals surface area contributed by atoms with Crippen molar-refractivity contribution in [3.05, 3.63) is 64.6 Å². The molecule has 0 saturated heterocycles. The maximum atomic E-state index is 11.4. The molecule has 2 aromatic rings. The normalized spacial score (nSPS) is 17.7. The number of carbonyl (C=O) groups excluding carboxylic acids is 1. The third-order valence-corrected chi connectivity index (χ3v) is 5.67. The van der Waals surface area contributed by atoms with E-state index in [1.807, 2.05) is 6.07 Å². The van der Waals surface area contributed by atoms with Crippen LogP contribution in [0, 0.1) is 0 Å². The van der Waals surface area contributed by atoms with E-state index < -0.39 is 0 Å². The summed E-state index contributed by atoms with van der Waals surface area (Å²) in [5.74, 6) is 0.312. The van der Waals surface area contributed by atoms with E-state index in [0.717, 1.165) is 12.0 Å². The van der Waals surface area contributed by atoms with Crippen LogP contribution in [0.15, 0.2) is 41.0 Å². The number of carbonyl (C=O) groups is 1. The lowest BCUT2D eigenvalue weighted by Gasteiger charge is -2.42. The number of benzene rings is 1. The van der Waals surface area contributed by atoms with Gasteiger partial charge in [-0.25, -0.2) is 4.79 Å². The molecular weight excluding hydrogens is 336 g/mol. The van der Waals surface area contributed by atoms with Crippen molar-refractivity contribution in [3.63, 3.8) is 0 Å². The Kier molecular flexibility index (Phi) is 5.32. The average Bonchev–Trinajstić information content (AvgIpc) is 3.05. The van der Waals surface area contributed by atoms with Gasteiger partial charge in [0.25, 0.3) is 0 Å². The van der Waals surface area contributed by atoms with Gasteiger partial charge in [0.2, 0.25) is 0 Å². The second-order valence-electron chi connectivity index (χ2n) is 8.77. The van der Waals surface area contributed by atoms with Gasteiger partial charge in [-0.1, -0.05) is 45.9 Å². The lowest BCUT2D eigenvalue weighted by Crippen LogP contribution is -2.33. The number of furan rings is 1. The average molecular weight is 367 g/mol. The van der Waals surface area contributed by atoms with Crippen LogP contribution in [0.1, 0.15) is 75.5 Å². The van der Waals surface area contributed by atoms with E-state index in [9.17, 15) is 4.79 Å². The molecule has 0 saturated carbocycles. The predicted molar refractivity (Wildman–Crippen MR) is 109 cm³/mol. The summed E-state index contributed by atoms with van der Waals surface area (Å²) in [6.45, 7) is 11.6. The molecule has 1 aromatic carbocycles. The van der Waals surface area contributed by atoms with Gasteiger partial charge in [0, 0.05) is 12.5 Å². The molecule has 0 bridgehead atoms. The van der Waals surface area contributed by atoms with Gasteiger partial charge in [0.1, 0.15) is 5.76 Å². The fourth-order valence-corrected chi connectivity index (χ4v) is 3.90. The number of rotatable bonds is 5. The maximum absolute atomic E-state index is 11.4. The van der Waals surface area contributed by atoms with Crippen molar-refractivity contribution in [3.8, 4) is 0 Å². The molecule has 144 valence electrons. The van der Waals surface area contributed by atoms with Crippen molar-refractivity contribution in [2.75, 3.05) is 6.61 Å². The SMILES string of the molecule is CCOC(=O)/C=C/c1cc(Cc2ccc3c(c2)C(C)(C)CCC3(C)C)co1. The minimum Gasteiger partial charge on any atom is -0.465 e. The van der Waals surface area contributed by atoms with Gasteiger partial charge in [0.05, 0.1) is 12.9 Å². The standard InChI is InChI=1S/C24H30O3/c1-6-26-22(25)10-8-19-14-18(16-27-19)13-17-7-9-20-21(15-17)24(4,5)12-11-23(20,2)3/h7-10,14-16H,6,11-13H2,1-5H3/b10-8+. The molecule has 1 heterocycles. The Labute approximate surface area is 162 Å². The fourth-order valence-electron chi connectivity index (χ4n) is 3.90. The quantitative estimate of drug-likeness (QED) is 0.496. The molecule has 0 atom stereocenters. The van der Waals surface area contributed by atoms with Crippen LogP contribution in [0.25, 0.3) is 6.08 Å². The van der Waals surface area contributed by atoms with Crippen LogP contribution in [0.3, 0.4) is 0 Å². The maximum Gasteiger partial charge on any atom is 0.330 e. The van der Waals surface area contributed by atoms with Crippen molar-refractivity contribution in [2.24, 2.45) is 0 Å². The molecule has 1 aliphatic carbocycles. The molecule has 3 heteroatoms. The smallest absolute Gasteiger partial charge is 0.330 e. The highest BCUT2D eigenvalue weighted by molar-refractivity contribution is 5.86. The summed E-state index contributed by atoms with van der Waals surface area (Å²) < 4.78 is 10.4. The summed E-state index contributed by atoms with van der Waals surface area (Å²) in [6.07, 6.45) is 8.07. The molecule has 0 amide bonds. The molecule has 3 rings (SSSR count). The third-order valence-electron chi connectivity index (χ3n) is 5.67. The van der Waals surface area contributed by atoms with Crippen molar-refractivity contribution in [1.29, 1.82) is 0 Å². The van der Waals surface area contributed by atoms with E-state index in [0.29, 0.717) is 12.4 Å². The predicted octanol–water partition coefficient (Wildman–Crippen LogP) is 5.80. The molecule has 0 N–H and O–H groups in total. The van der Waals surface area contributed by atoms with Gasteiger partial charge in [-0.15, -0.1) is 0 Å². The zero-order valence-corrected chi connectivity index (χ0v) is 17.1. The van der Waals surface area contributed by atoms with Crippen LogP contribution in [-0.4, -0.2) is 12.6 Å². The second kappa shape index (κ2) is 7.38. The van der Waals surface area contributed by atoms with E-state index in [-0.39, 0.29) is 16.8 Å². The first-order chi connectivity index (χ1) is 12.7. The minimum atomic E-state index is -0.352. The van der Waals surface area contributed by atoms with Gasteiger partial charge < -0.3 is 9.15 Å². The number of hydrogen-bond donors (Lipinski definition) is 0. The van der Waals surface area contributed by atoms with E-state index in [4.69, 9.17) is 9.15 Å². The molecule has 0 spiro atoms. The van der Waals surface area contributed by atoms with Crippen LogP contribution < -0.4 is 0 Å². The van der Waals surface area contributed by atoms with Crippen LogP contribution in [0.2, 0.25) is 0 Å². The van der Waals surface area contributed by atoms with Gasteiger partial charge >= 0.3 is 5.97 Å². The van der Waals surface area contributed by atoms with Gasteiger partial charge in [0.15, 0.2) is 0 Å². The number of hydrogen-bond acceptors (Lipinski definition) is 3. The first kappa shape index (κ1) is 19.5. The highest BCUT2D eigenvalue weighted by atomic mass is 16.5. The van der Waals surface area contributed by atoms with Gasteiger partial charge in [-0.3, -0.25) is 0 Å². The van der Waals surface area contributed by atoms with Crippen LogP contribution in [0.4, 0.5) is 0 Å². The Morgan fingerprint density at radius 1 is 1.07 bits per heavy atom. The topological polar surface area (TPSA) is 39.4 Å². The first-order valence-corrected chi connectivity index (χ1v) is 9.77. The Balaban J connectivity index is 1.79. The molecule has 3 nitrogen and oxygen atoms in total. The summed E-state index contributed by atoms with van der Waals surface area (Å²) in [6, 6.07) is 8.90.